The summed E-state index contributed by atoms with van der Waals surface area (Å²) in [6, 6.07) is 3.41. The standard InChI is InChI=1S/C13H13NO4/c1-3-14-6-8(13(17)18)12(16)10-9(14)5-4-7(2)11(10)15/h4-6,15H,3H2,1-2H3,(H,17,18). The number of aryl methyl sites for hydroxylation is 2. The van der Waals surface area contributed by atoms with Crippen LogP contribution < -0.4 is 5.43 Å². The fraction of sp³-hybridized carbons (Fsp3) is 0.231. The Kier molecular flexibility index (Phi) is 2.82. The monoisotopic (exact) mass is 247 g/mol. The molecule has 0 spiro atoms. The number of pyridine rings is 1. The first-order valence-electron chi connectivity index (χ1n) is 5.56. The molecule has 0 saturated heterocycles. The predicted molar refractivity (Wildman–Crippen MR) is 67.2 cm³/mol. The highest BCUT2D eigenvalue weighted by atomic mass is 16.4. The maximum atomic E-state index is 12.1. The summed E-state index contributed by atoms with van der Waals surface area (Å²) in [4.78, 5) is 23.1. The van der Waals surface area contributed by atoms with Crippen molar-refractivity contribution in [2.75, 3.05) is 0 Å². The van der Waals surface area contributed by atoms with Crippen LogP contribution in [-0.2, 0) is 6.54 Å². The van der Waals surface area contributed by atoms with Gasteiger partial charge in [0.15, 0.2) is 0 Å². The SMILES string of the molecule is CCn1cc(C(=O)O)c(=O)c2c(O)c(C)ccc21. The van der Waals surface area contributed by atoms with E-state index in [2.05, 4.69) is 0 Å². The van der Waals surface area contributed by atoms with Crippen LogP contribution in [0.1, 0.15) is 22.8 Å². The maximum Gasteiger partial charge on any atom is 0.341 e. The highest BCUT2D eigenvalue weighted by molar-refractivity contribution is 5.95. The summed E-state index contributed by atoms with van der Waals surface area (Å²) in [5, 5.41) is 19.0. The molecule has 0 aliphatic rings. The van der Waals surface area contributed by atoms with Gasteiger partial charge in [0.05, 0.1) is 10.9 Å². The molecule has 94 valence electrons. The lowest BCUT2D eigenvalue weighted by atomic mass is 10.1. The van der Waals surface area contributed by atoms with Gasteiger partial charge in [0, 0.05) is 12.7 Å². The summed E-state index contributed by atoms with van der Waals surface area (Å²) in [6.45, 7) is 4.02. The van der Waals surface area contributed by atoms with Crippen LogP contribution in [-0.4, -0.2) is 20.7 Å². The van der Waals surface area contributed by atoms with Crippen molar-refractivity contribution in [3.8, 4) is 5.75 Å². The van der Waals surface area contributed by atoms with E-state index < -0.39 is 11.4 Å². The van der Waals surface area contributed by atoms with Crippen LogP contribution in [0.15, 0.2) is 23.1 Å². The highest BCUT2D eigenvalue weighted by Crippen LogP contribution is 2.25. The van der Waals surface area contributed by atoms with E-state index in [1.54, 1.807) is 23.6 Å². The van der Waals surface area contributed by atoms with Gasteiger partial charge in [-0.15, -0.1) is 0 Å². The van der Waals surface area contributed by atoms with Gasteiger partial charge >= 0.3 is 5.97 Å². The zero-order valence-corrected chi connectivity index (χ0v) is 10.1. The third kappa shape index (κ3) is 1.64. The molecular weight excluding hydrogens is 234 g/mol. The average Bonchev–Trinajstić information content (AvgIpc) is 2.33. The Morgan fingerprint density at radius 1 is 1.39 bits per heavy atom. The number of benzene rings is 1. The molecule has 0 atom stereocenters. The Balaban J connectivity index is 3.05. The summed E-state index contributed by atoms with van der Waals surface area (Å²) in [7, 11) is 0. The molecule has 2 aromatic rings. The molecule has 0 radical (unpaired) electrons. The summed E-state index contributed by atoms with van der Waals surface area (Å²) in [5.74, 6) is -1.44. The van der Waals surface area contributed by atoms with Crippen molar-refractivity contribution in [1.29, 1.82) is 0 Å². The van der Waals surface area contributed by atoms with Gasteiger partial charge in [-0.25, -0.2) is 4.79 Å². The number of carbonyl (C=O) groups is 1. The second-order valence-electron chi connectivity index (χ2n) is 4.09. The fourth-order valence-electron chi connectivity index (χ4n) is 1.98. The average molecular weight is 247 g/mol. The van der Waals surface area contributed by atoms with Crippen LogP contribution in [0.3, 0.4) is 0 Å². The number of aromatic carboxylic acids is 1. The van der Waals surface area contributed by atoms with Crippen molar-refractivity contribution >= 4 is 16.9 Å². The fourth-order valence-corrected chi connectivity index (χ4v) is 1.98. The molecule has 0 aliphatic carbocycles. The Morgan fingerprint density at radius 3 is 2.61 bits per heavy atom. The summed E-state index contributed by atoms with van der Waals surface area (Å²) < 4.78 is 1.64. The largest absolute Gasteiger partial charge is 0.507 e. The number of nitrogens with zero attached hydrogens (tertiary/aromatic N) is 1. The van der Waals surface area contributed by atoms with Crippen molar-refractivity contribution in [2.45, 2.75) is 20.4 Å². The van der Waals surface area contributed by atoms with Crippen LogP contribution in [0, 0.1) is 6.92 Å². The topological polar surface area (TPSA) is 79.5 Å². The minimum absolute atomic E-state index is 0.0664. The first-order valence-corrected chi connectivity index (χ1v) is 5.56. The number of carboxylic acids is 1. The van der Waals surface area contributed by atoms with Crippen molar-refractivity contribution in [1.82, 2.24) is 4.57 Å². The van der Waals surface area contributed by atoms with Gasteiger partial charge in [0.25, 0.3) is 0 Å². The molecule has 1 aromatic carbocycles. The van der Waals surface area contributed by atoms with Crippen LogP contribution in [0.4, 0.5) is 0 Å². The number of aromatic hydroxyl groups is 1. The summed E-state index contributed by atoms with van der Waals surface area (Å²) >= 11 is 0. The van der Waals surface area contributed by atoms with Gasteiger partial charge in [0.1, 0.15) is 11.3 Å². The first kappa shape index (κ1) is 12.2. The van der Waals surface area contributed by atoms with E-state index >= 15 is 0 Å². The zero-order chi connectivity index (χ0) is 13.4. The van der Waals surface area contributed by atoms with Gasteiger partial charge in [-0.3, -0.25) is 4.79 Å². The molecule has 2 rings (SSSR count). The predicted octanol–water partition coefficient (Wildman–Crippen LogP) is 1.73. The van der Waals surface area contributed by atoms with Crippen LogP contribution >= 0.6 is 0 Å². The van der Waals surface area contributed by atoms with E-state index in [1.807, 2.05) is 6.92 Å². The van der Waals surface area contributed by atoms with E-state index in [-0.39, 0.29) is 16.7 Å². The van der Waals surface area contributed by atoms with Crippen LogP contribution in [0.2, 0.25) is 0 Å². The van der Waals surface area contributed by atoms with Gasteiger partial charge < -0.3 is 14.8 Å². The molecule has 0 saturated carbocycles. The first-order chi connectivity index (χ1) is 8.47. The lowest BCUT2D eigenvalue weighted by Gasteiger charge is -2.11. The number of fused-ring (bicyclic) bond motifs is 1. The van der Waals surface area contributed by atoms with Crippen molar-refractivity contribution < 1.29 is 15.0 Å². The smallest absolute Gasteiger partial charge is 0.341 e. The van der Waals surface area contributed by atoms with Crippen molar-refractivity contribution in [2.24, 2.45) is 0 Å². The van der Waals surface area contributed by atoms with Gasteiger partial charge in [-0.2, -0.15) is 0 Å². The summed E-state index contributed by atoms with van der Waals surface area (Å²) in [5.41, 5.74) is 0.106. The Labute approximate surface area is 103 Å². The molecule has 18 heavy (non-hydrogen) atoms. The molecule has 1 heterocycles. The number of hydrogen-bond donors (Lipinski definition) is 2. The Morgan fingerprint density at radius 2 is 2.06 bits per heavy atom. The lowest BCUT2D eigenvalue weighted by Crippen LogP contribution is -2.18. The number of aromatic nitrogens is 1. The third-order valence-corrected chi connectivity index (χ3v) is 2.99. The molecule has 0 amide bonds. The number of phenolic OH excluding ortho intramolecular Hbond substituents is 1. The lowest BCUT2D eigenvalue weighted by molar-refractivity contribution is 0.0695. The number of carboxylic acid groups (broad SMARTS) is 1. The second-order valence-corrected chi connectivity index (χ2v) is 4.09. The molecule has 0 fully saturated rings. The minimum atomic E-state index is -1.29. The molecule has 2 N–H and O–H groups in total. The molecular formula is C13H13NO4. The minimum Gasteiger partial charge on any atom is -0.507 e. The third-order valence-electron chi connectivity index (χ3n) is 2.99. The maximum absolute atomic E-state index is 12.1. The van der Waals surface area contributed by atoms with Gasteiger partial charge in [-0.05, 0) is 25.5 Å². The summed E-state index contributed by atoms with van der Waals surface area (Å²) in [6.07, 6.45) is 1.31. The molecule has 0 unspecified atom stereocenters. The Bertz CT molecular complexity index is 700. The zero-order valence-electron chi connectivity index (χ0n) is 10.1. The van der Waals surface area contributed by atoms with E-state index in [4.69, 9.17) is 5.11 Å². The normalized spacial score (nSPS) is 10.8. The molecule has 1 aromatic heterocycles. The number of hydrogen-bond acceptors (Lipinski definition) is 3. The van der Waals surface area contributed by atoms with Gasteiger partial charge in [0.2, 0.25) is 5.43 Å². The van der Waals surface area contributed by atoms with Crippen molar-refractivity contribution in [3.05, 3.63) is 39.7 Å². The molecule has 5 heteroatoms. The number of phenols is 1. The molecule has 5 nitrogen and oxygen atoms in total. The van der Waals surface area contributed by atoms with E-state index in [0.717, 1.165) is 0 Å². The molecule has 0 aliphatic heterocycles. The quantitative estimate of drug-likeness (QED) is 0.847. The van der Waals surface area contributed by atoms with E-state index in [9.17, 15) is 14.7 Å². The van der Waals surface area contributed by atoms with E-state index in [0.29, 0.717) is 17.6 Å². The van der Waals surface area contributed by atoms with Gasteiger partial charge in [-0.1, -0.05) is 6.07 Å². The van der Waals surface area contributed by atoms with E-state index in [1.165, 1.54) is 6.20 Å². The van der Waals surface area contributed by atoms with Crippen LogP contribution in [0.5, 0.6) is 5.75 Å². The highest BCUT2D eigenvalue weighted by Gasteiger charge is 2.17. The Hall–Kier alpha value is -2.30. The van der Waals surface area contributed by atoms with Crippen molar-refractivity contribution in [3.63, 3.8) is 0 Å². The molecule has 0 bridgehead atoms. The number of rotatable bonds is 2. The second kappa shape index (κ2) is 4.18. The van der Waals surface area contributed by atoms with Crippen LogP contribution in [0.25, 0.3) is 10.9 Å².